The second-order valence-electron chi connectivity index (χ2n) is 5.80. The Bertz CT molecular complexity index is 1060. The Balaban J connectivity index is 2.02. The van der Waals surface area contributed by atoms with Gasteiger partial charge in [-0.15, -0.1) is 0 Å². The topological polar surface area (TPSA) is 64.0 Å². The van der Waals surface area contributed by atoms with Crippen molar-refractivity contribution in [2.45, 2.75) is 13.8 Å². The highest BCUT2D eigenvalue weighted by Gasteiger charge is 2.18. The molecule has 0 aliphatic heterocycles. The Labute approximate surface area is 147 Å². The van der Waals surface area contributed by atoms with Crippen molar-refractivity contribution in [1.29, 1.82) is 0 Å². The molecular formula is C19H15F2N3O2. The molecule has 0 fully saturated rings. The smallest absolute Gasteiger partial charge is 0.280 e. The van der Waals surface area contributed by atoms with E-state index >= 15 is 0 Å². The molecule has 0 saturated carbocycles. The standard InChI is InChI=1S/C19H15F2N3O2/c1-11-7-8-15(14(21)9-11)22-19(26)18-17(25)10-12(2)24(23-18)16-6-4-3-5-13(16)20/h3-10H,1-2H3,(H,22,26). The third-order valence-electron chi connectivity index (χ3n) is 3.78. The van der Waals surface area contributed by atoms with Gasteiger partial charge in [-0.05, 0) is 43.7 Å². The van der Waals surface area contributed by atoms with Gasteiger partial charge in [0.25, 0.3) is 5.91 Å². The highest BCUT2D eigenvalue weighted by molar-refractivity contribution is 6.02. The van der Waals surface area contributed by atoms with Crippen molar-refractivity contribution >= 4 is 11.6 Å². The molecular weight excluding hydrogens is 340 g/mol. The van der Waals surface area contributed by atoms with Crippen molar-refractivity contribution in [3.8, 4) is 5.69 Å². The normalized spacial score (nSPS) is 10.6. The minimum atomic E-state index is -0.872. The number of nitrogens with one attached hydrogen (secondary N) is 1. The van der Waals surface area contributed by atoms with Gasteiger partial charge in [-0.3, -0.25) is 9.59 Å². The number of halogens is 2. The fraction of sp³-hybridized carbons (Fsp3) is 0.105. The Kier molecular flexibility index (Phi) is 4.62. The van der Waals surface area contributed by atoms with Crippen LogP contribution in [0.2, 0.25) is 0 Å². The van der Waals surface area contributed by atoms with E-state index in [1.807, 2.05) is 0 Å². The number of anilines is 1. The first-order chi connectivity index (χ1) is 12.4. The molecule has 1 amide bonds. The molecule has 0 aliphatic rings. The molecule has 26 heavy (non-hydrogen) atoms. The lowest BCUT2D eigenvalue weighted by atomic mass is 10.2. The number of para-hydroxylation sites is 1. The number of carbonyl (C=O) groups is 1. The van der Waals surface area contributed by atoms with Crippen LogP contribution in [0.3, 0.4) is 0 Å². The molecule has 0 unspecified atom stereocenters. The molecule has 132 valence electrons. The molecule has 3 rings (SSSR count). The molecule has 2 aromatic carbocycles. The number of benzene rings is 2. The van der Waals surface area contributed by atoms with Crippen molar-refractivity contribution in [2.75, 3.05) is 5.32 Å². The van der Waals surface area contributed by atoms with E-state index in [0.29, 0.717) is 11.3 Å². The summed E-state index contributed by atoms with van der Waals surface area (Å²) in [6, 6.07) is 11.3. The molecule has 0 saturated heterocycles. The largest absolute Gasteiger partial charge is 0.318 e. The molecule has 0 aliphatic carbocycles. The van der Waals surface area contributed by atoms with Crippen LogP contribution in [0.4, 0.5) is 14.5 Å². The summed E-state index contributed by atoms with van der Waals surface area (Å²) in [5, 5.41) is 6.30. The highest BCUT2D eigenvalue weighted by atomic mass is 19.1. The van der Waals surface area contributed by atoms with Crippen LogP contribution in [0.25, 0.3) is 5.69 Å². The minimum Gasteiger partial charge on any atom is -0.318 e. The van der Waals surface area contributed by atoms with Gasteiger partial charge in [-0.2, -0.15) is 5.10 Å². The zero-order valence-electron chi connectivity index (χ0n) is 14.1. The van der Waals surface area contributed by atoms with E-state index in [1.165, 1.54) is 36.4 Å². The summed E-state index contributed by atoms with van der Waals surface area (Å²) in [5.74, 6) is -2.05. The minimum absolute atomic E-state index is 0.0696. The molecule has 1 heterocycles. The quantitative estimate of drug-likeness (QED) is 0.783. The lowest BCUT2D eigenvalue weighted by molar-refractivity contribution is 0.101. The van der Waals surface area contributed by atoms with Crippen molar-refractivity contribution in [2.24, 2.45) is 0 Å². The van der Waals surface area contributed by atoms with E-state index in [4.69, 9.17) is 0 Å². The molecule has 5 nitrogen and oxygen atoms in total. The molecule has 7 heteroatoms. The lowest BCUT2D eigenvalue weighted by Crippen LogP contribution is -2.27. The summed E-state index contributed by atoms with van der Waals surface area (Å²) in [4.78, 5) is 24.6. The Hall–Kier alpha value is -3.35. The zero-order chi connectivity index (χ0) is 18.8. The summed E-state index contributed by atoms with van der Waals surface area (Å²) in [5.41, 5.74) is -0.0200. The van der Waals surface area contributed by atoms with Crippen LogP contribution < -0.4 is 10.7 Å². The van der Waals surface area contributed by atoms with Gasteiger partial charge in [0.15, 0.2) is 5.69 Å². The van der Waals surface area contributed by atoms with Gasteiger partial charge in [-0.25, -0.2) is 13.5 Å². The van der Waals surface area contributed by atoms with Gasteiger partial charge in [0, 0.05) is 11.8 Å². The van der Waals surface area contributed by atoms with Gasteiger partial charge < -0.3 is 5.32 Å². The van der Waals surface area contributed by atoms with Crippen LogP contribution in [0.15, 0.2) is 53.3 Å². The number of aromatic nitrogens is 2. The Morgan fingerprint density at radius 1 is 1.04 bits per heavy atom. The Morgan fingerprint density at radius 3 is 2.46 bits per heavy atom. The number of aryl methyl sites for hydroxylation is 2. The molecule has 0 atom stereocenters. The summed E-state index contributed by atoms with van der Waals surface area (Å²) in [7, 11) is 0. The first kappa shape index (κ1) is 17.5. The van der Waals surface area contributed by atoms with Crippen LogP contribution in [0.1, 0.15) is 21.7 Å². The molecule has 1 aromatic heterocycles. The molecule has 0 radical (unpaired) electrons. The van der Waals surface area contributed by atoms with Crippen molar-refractivity contribution in [3.63, 3.8) is 0 Å². The van der Waals surface area contributed by atoms with E-state index in [0.717, 1.165) is 4.68 Å². The van der Waals surface area contributed by atoms with Crippen LogP contribution in [-0.2, 0) is 0 Å². The van der Waals surface area contributed by atoms with Crippen LogP contribution >= 0.6 is 0 Å². The van der Waals surface area contributed by atoms with E-state index in [9.17, 15) is 18.4 Å². The maximum atomic E-state index is 14.0. The van der Waals surface area contributed by atoms with Crippen LogP contribution in [0, 0.1) is 25.5 Å². The summed E-state index contributed by atoms with van der Waals surface area (Å²) < 4.78 is 29.1. The van der Waals surface area contributed by atoms with Crippen LogP contribution in [-0.4, -0.2) is 15.7 Å². The van der Waals surface area contributed by atoms with E-state index in [2.05, 4.69) is 10.4 Å². The third-order valence-corrected chi connectivity index (χ3v) is 3.78. The molecule has 0 spiro atoms. The van der Waals surface area contributed by atoms with Gasteiger partial charge >= 0.3 is 0 Å². The lowest BCUT2D eigenvalue weighted by Gasteiger charge is -2.12. The van der Waals surface area contributed by atoms with Gasteiger partial charge in [-0.1, -0.05) is 18.2 Å². The average Bonchev–Trinajstić information content (AvgIpc) is 2.58. The first-order valence-corrected chi connectivity index (χ1v) is 7.80. The fourth-order valence-electron chi connectivity index (χ4n) is 2.48. The van der Waals surface area contributed by atoms with E-state index in [1.54, 1.807) is 26.0 Å². The molecule has 1 N–H and O–H groups in total. The van der Waals surface area contributed by atoms with Crippen molar-refractivity contribution in [3.05, 3.63) is 87.3 Å². The average molecular weight is 355 g/mol. The SMILES string of the molecule is Cc1ccc(NC(=O)c2nn(-c3ccccc3F)c(C)cc2=O)c(F)c1. The number of rotatable bonds is 3. The van der Waals surface area contributed by atoms with Gasteiger partial charge in [0.1, 0.15) is 17.3 Å². The first-order valence-electron chi connectivity index (χ1n) is 7.80. The molecule has 0 bridgehead atoms. The van der Waals surface area contributed by atoms with Gasteiger partial charge in [0.2, 0.25) is 5.43 Å². The van der Waals surface area contributed by atoms with E-state index < -0.39 is 28.7 Å². The summed E-state index contributed by atoms with van der Waals surface area (Å²) >= 11 is 0. The second kappa shape index (κ2) is 6.87. The molecule has 3 aromatic rings. The number of hydrogen-bond acceptors (Lipinski definition) is 3. The van der Waals surface area contributed by atoms with Crippen molar-refractivity contribution in [1.82, 2.24) is 9.78 Å². The zero-order valence-corrected chi connectivity index (χ0v) is 14.1. The predicted molar refractivity (Wildman–Crippen MR) is 93.6 cm³/mol. The van der Waals surface area contributed by atoms with Crippen LogP contribution in [0.5, 0.6) is 0 Å². The number of amides is 1. The predicted octanol–water partition coefficient (Wildman–Crippen LogP) is 3.38. The number of hydrogen-bond donors (Lipinski definition) is 1. The highest BCUT2D eigenvalue weighted by Crippen LogP contribution is 2.16. The number of nitrogens with zero attached hydrogens (tertiary/aromatic N) is 2. The Morgan fingerprint density at radius 2 is 1.77 bits per heavy atom. The fourth-order valence-corrected chi connectivity index (χ4v) is 2.48. The maximum absolute atomic E-state index is 14.0. The number of carbonyl (C=O) groups excluding carboxylic acids is 1. The van der Waals surface area contributed by atoms with E-state index in [-0.39, 0.29) is 11.4 Å². The third kappa shape index (κ3) is 3.37. The summed E-state index contributed by atoms with van der Waals surface area (Å²) in [6.07, 6.45) is 0. The summed E-state index contributed by atoms with van der Waals surface area (Å²) in [6.45, 7) is 3.28. The maximum Gasteiger partial charge on any atom is 0.280 e. The van der Waals surface area contributed by atoms with Gasteiger partial charge in [0.05, 0.1) is 5.69 Å². The van der Waals surface area contributed by atoms with Crippen molar-refractivity contribution < 1.29 is 13.6 Å². The monoisotopic (exact) mass is 355 g/mol. The second-order valence-corrected chi connectivity index (χ2v) is 5.80.